The molecule has 3 rings (SSSR count). The monoisotopic (exact) mass is 268 g/mol. The van der Waals surface area contributed by atoms with Gasteiger partial charge in [0.15, 0.2) is 10.5 Å². The Hall–Kier alpha value is -1.08. The predicted octanol–water partition coefficient (Wildman–Crippen LogP) is 0.963. The number of hydrogen-bond donors (Lipinski definition) is 0. The van der Waals surface area contributed by atoms with Crippen molar-refractivity contribution in [2.45, 2.75) is 6.92 Å². The SMILES string of the molecule is Cc1nc2ncc(N3CCS(=O)CC3)nc2s1. The van der Waals surface area contributed by atoms with Crippen LogP contribution in [-0.4, -0.2) is 43.8 Å². The number of nitrogens with zero attached hydrogens (tertiary/aromatic N) is 4. The highest BCUT2D eigenvalue weighted by Crippen LogP contribution is 2.21. The molecule has 3 heterocycles. The van der Waals surface area contributed by atoms with Gasteiger partial charge in [-0.15, -0.1) is 0 Å². The van der Waals surface area contributed by atoms with Crippen molar-refractivity contribution < 1.29 is 4.21 Å². The molecule has 7 heteroatoms. The summed E-state index contributed by atoms with van der Waals surface area (Å²) in [4.78, 5) is 16.2. The van der Waals surface area contributed by atoms with Crippen LogP contribution in [0.5, 0.6) is 0 Å². The molecular formula is C10H12N4OS2. The van der Waals surface area contributed by atoms with Crippen LogP contribution in [0, 0.1) is 6.92 Å². The van der Waals surface area contributed by atoms with Gasteiger partial charge in [0.1, 0.15) is 5.82 Å². The van der Waals surface area contributed by atoms with Gasteiger partial charge in [0.05, 0.1) is 11.2 Å². The van der Waals surface area contributed by atoms with Gasteiger partial charge in [-0.05, 0) is 6.92 Å². The number of anilines is 1. The highest BCUT2D eigenvalue weighted by Gasteiger charge is 2.17. The van der Waals surface area contributed by atoms with Gasteiger partial charge >= 0.3 is 0 Å². The number of aryl methyl sites for hydroxylation is 1. The van der Waals surface area contributed by atoms with Gasteiger partial charge in [-0.3, -0.25) is 4.21 Å². The zero-order chi connectivity index (χ0) is 11.8. The summed E-state index contributed by atoms with van der Waals surface area (Å²) in [5.74, 6) is 2.32. The summed E-state index contributed by atoms with van der Waals surface area (Å²) in [6.07, 6.45) is 1.76. The number of fused-ring (bicyclic) bond motifs is 1. The zero-order valence-corrected chi connectivity index (χ0v) is 11.1. The summed E-state index contributed by atoms with van der Waals surface area (Å²) in [5, 5.41) is 0.983. The highest BCUT2D eigenvalue weighted by molar-refractivity contribution is 7.85. The van der Waals surface area contributed by atoms with Crippen LogP contribution in [0.25, 0.3) is 10.5 Å². The maximum Gasteiger partial charge on any atom is 0.189 e. The fourth-order valence-corrected chi connectivity index (χ4v) is 3.63. The molecule has 17 heavy (non-hydrogen) atoms. The Balaban J connectivity index is 1.92. The van der Waals surface area contributed by atoms with Crippen molar-refractivity contribution in [3.8, 4) is 0 Å². The van der Waals surface area contributed by atoms with Gasteiger partial charge in [-0.1, -0.05) is 11.3 Å². The van der Waals surface area contributed by atoms with Crippen molar-refractivity contribution in [2.75, 3.05) is 29.5 Å². The van der Waals surface area contributed by atoms with Crippen LogP contribution < -0.4 is 4.90 Å². The van der Waals surface area contributed by atoms with Crippen molar-refractivity contribution in [2.24, 2.45) is 0 Å². The minimum absolute atomic E-state index is 0.657. The Kier molecular flexibility index (Phi) is 2.79. The maximum absolute atomic E-state index is 11.3. The van der Waals surface area contributed by atoms with Crippen LogP contribution in [0.4, 0.5) is 5.82 Å². The van der Waals surface area contributed by atoms with Gasteiger partial charge < -0.3 is 4.90 Å². The van der Waals surface area contributed by atoms with E-state index in [1.807, 2.05) is 6.92 Å². The van der Waals surface area contributed by atoms with Crippen LogP contribution in [0.2, 0.25) is 0 Å². The molecule has 2 aromatic rings. The third-order valence-corrected chi connectivity index (χ3v) is 4.85. The standard InChI is InChI=1S/C10H12N4OS2/c1-7-12-9-10(16-7)13-8(6-11-9)14-2-4-17(15)5-3-14/h6H,2-5H2,1H3. The molecule has 1 saturated heterocycles. The molecule has 0 saturated carbocycles. The smallest absolute Gasteiger partial charge is 0.189 e. The summed E-state index contributed by atoms with van der Waals surface area (Å²) >= 11 is 1.56. The second-order valence-electron chi connectivity index (χ2n) is 3.92. The molecule has 0 amide bonds. The van der Waals surface area contributed by atoms with E-state index in [0.29, 0.717) is 0 Å². The second-order valence-corrected chi connectivity index (χ2v) is 6.80. The van der Waals surface area contributed by atoms with Gasteiger partial charge in [-0.25, -0.2) is 15.0 Å². The number of hydrogen-bond acceptors (Lipinski definition) is 6. The molecule has 0 aromatic carbocycles. The Morgan fingerprint density at radius 3 is 2.88 bits per heavy atom. The quantitative estimate of drug-likeness (QED) is 0.771. The zero-order valence-electron chi connectivity index (χ0n) is 9.42. The molecule has 1 aliphatic heterocycles. The lowest BCUT2D eigenvalue weighted by Gasteiger charge is -2.26. The van der Waals surface area contributed by atoms with E-state index < -0.39 is 10.8 Å². The van der Waals surface area contributed by atoms with Crippen molar-refractivity contribution >= 4 is 38.4 Å². The normalized spacial score (nSPS) is 17.8. The predicted molar refractivity (Wildman–Crippen MR) is 70.0 cm³/mol. The summed E-state index contributed by atoms with van der Waals surface area (Å²) in [5.41, 5.74) is 0.719. The molecule has 1 aliphatic rings. The largest absolute Gasteiger partial charge is 0.353 e. The lowest BCUT2D eigenvalue weighted by molar-refractivity contribution is 0.672. The molecule has 0 unspecified atom stereocenters. The number of thiazole rings is 1. The third kappa shape index (κ3) is 2.16. The average molecular weight is 268 g/mol. The van der Waals surface area contributed by atoms with E-state index >= 15 is 0 Å². The first-order valence-corrected chi connectivity index (χ1v) is 7.73. The van der Waals surface area contributed by atoms with Crippen LogP contribution in [0.15, 0.2) is 6.20 Å². The van der Waals surface area contributed by atoms with E-state index in [-0.39, 0.29) is 0 Å². The molecule has 90 valence electrons. The Labute approximate surface area is 105 Å². The molecule has 0 spiro atoms. The van der Waals surface area contributed by atoms with Gasteiger partial charge in [0, 0.05) is 35.4 Å². The molecule has 0 aliphatic carbocycles. The van der Waals surface area contributed by atoms with Gasteiger partial charge in [0.25, 0.3) is 0 Å². The summed E-state index contributed by atoms with van der Waals surface area (Å²) in [6.45, 7) is 3.55. The summed E-state index contributed by atoms with van der Waals surface area (Å²) in [7, 11) is -0.657. The Morgan fingerprint density at radius 1 is 1.35 bits per heavy atom. The lowest BCUT2D eigenvalue weighted by atomic mass is 10.5. The average Bonchev–Trinajstić information content (AvgIpc) is 2.69. The van der Waals surface area contributed by atoms with Crippen molar-refractivity contribution in [1.29, 1.82) is 0 Å². The summed E-state index contributed by atoms with van der Waals surface area (Å²) in [6, 6.07) is 0. The Morgan fingerprint density at radius 2 is 2.12 bits per heavy atom. The molecule has 5 nitrogen and oxygen atoms in total. The van der Waals surface area contributed by atoms with Crippen LogP contribution in [-0.2, 0) is 10.8 Å². The van der Waals surface area contributed by atoms with Crippen LogP contribution in [0.1, 0.15) is 5.01 Å². The fraction of sp³-hybridized carbons (Fsp3) is 0.500. The minimum Gasteiger partial charge on any atom is -0.353 e. The van der Waals surface area contributed by atoms with Crippen molar-refractivity contribution in [1.82, 2.24) is 15.0 Å². The molecule has 0 atom stereocenters. The minimum atomic E-state index is -0.657. The molecular weight excluding hydrogens is 256 g/mol. The first kappa shape index (κ1) is 11.0. The Bertz CT molecular complexity index is 573. The van der Waals surface area contributed by atoms with Crippen molar-refractivity contribution in [3.63, 3.8) is 0 Å². The fourth-order valence-electron chi connectivity index (χ4n) is 1.83. The van der Waals surface area contributed by atoms with Crippen LogP contribution >= 0.6 is 11.3 Å². The van der Waals surface area contributed by atoms with E-state index in [9.17, 15) is 4.21 Å². The number of rotatable bonds is 1. The lowest BCUT2D eigenvalue weighted by Crippen LogP contribution is -2.38. The first-order chi connectivity index (χ1) is 8.22. The number of aromatic nitrogens is 3. The first-order valence-electron chi connectivity index (χ1n) is 5.42. The van der Waals surface area contributed by atoms with E-state index in [4.69, 9.17) is 0 Å². The third-order valence-electron chi connectivity index (χ3n) is 2.72. The molecule has 0 radical (unpaired) electrons. The van der Waals surface area contributed by atoms with E-state index in [1.165, 1.54) is 0 Å². The van der Waals surface area contributed by atoms with Gasteiger partial charge in [-0.2, -0.15) is 0 Å². The van der Waals surface area contributed by atoms with Gasteiger partial charge in [0.2, 0.25) is 0 Å². The molecule has 2 aromatic heterocycles. The second kappa shape index (κ2) is 4.30. The topological polar surface area (TPSA) is 59.0 Å². The van der Waals surface area contributed by atoms with E-state index in [0.717, 1.165) is 45.9 Å². The molecule has 0 bridgehead atoms. The highest BCUT2D eigenvalue weighted by atomic mass is 32.2. The van der Waals surface area contributed by atoms with E-state index in [2.05, 4.69) is 19.9 Å². The molecule has 0 N–H and O–H groups in total. The summed E-state index contributed by atoms with van der Waals surface area (Å²) < 4.78 is 11.3. The van der Waals surface area contributed by atoms with E-state index in [1.54, 1.807) is 17.5 Å². The van der Waals surface area contributed by atoms with Crippen molar-refractivity contribution in [3.05, 3.63) is 11.2 Å². The van der Waals surface area contributed by atoms with Crippen LogP contribution in [0.3, 0.4) is 0 Å². The maximum atomic E-state index is 11.3. The molecule has 1 fully saturated rings.